The first-order valence-electron chi connectivity index (χ1n) is 5.32. The zero-order chi connectivity index (χ0) is 13.6. The summed E-state index contributed by atoms with van der Waals surface area (Å²) in [6.45, 7) is 0. The number of pyridine rings is 2. The Hall–Kier alpha value is -2.02. The molecule has 3 rings (SSSR count). The molecule has 0 aliphatic heterocycles. The van der Waals surface area contributed by atoms with Crippen LogP contribution < -0.4 is 0 Å². The Balaban J connectivity index is 2.35. The molecule has 0 saturated carbocycles. The number of fused-ring (bicyclic) bond motifs is 3. The van der Waals surface area contributed by atoms with Gasteiger partial charge in [-0.3, -0.25) is 4.98 Å². The van der Waals surface area contributed by atoms with Crippen LogP contribution in [0.5, 0.6) is 0 Å². The average molecular weight is 324 g/mol. The molecule has 0 aliphatic rings. The largest absolute Gasteiger partial charge is 0.464 e. The van der Waals surface area contributed by atoms with Gasteiger partial charge in [-0.2, -0.15) is 0 Å². The zero-order valence-electron chi connectivity index (χ0n) is 9.70. The van der Waals surface area contributed by atoms with Crippen LogP contribution in [0.15, 0.2) is 22.8 Å². The number of carbonyl (C=O) groups is 1. The van der Waals surface area contributed by atoms with E-state index in [0.717, 1.165) is 4.47 Å². The Morgan fingerprint density at radius 1 is 1.47 bits per heavy atom. The van der Waals surface area contributed by atoms with Gasteiger partial charge >= 0.3 is 5.97 Å². The molecule has 0 saturated heterocycles. The number of aromatic nitrogens is 3. The Labute approximate surface area is 114 Å². The number of nitrogens with zero attached hydrogens (tertiary/aromatic N) is 2. The van der Waals surface area contributed by atoms with Crippen LogP contribution in [0.4, 0.5) is 4.39 Å². The number of esters is 1. The van der Waals surface area contributed by atoms with Crippen LogP contribution in [0.25, 0.3) is 22.1 Å². The lowest BCUT2D eigenvalue weighted by atomic mass is 10.2. The quantitative estimate of drug-likeness (QED) is 0.699. The monoisotopic (exact) mass is 323 g/mol. The highest BCUT2D eigenvalue weighted by molar-refractivity contribution is 9.10. The molecule has 3 aromatic heterocycles. The fraction of sp³-hybridized carbons (Fsp3) is 0.0833. The van der Waals surface area contributed by atoms with Crippen molar-refractivity contribution in [2.24, 2.45) is 0 Å². The predicted molar refractivity (Wildman–Crippen MR) is 70.4 cm³/mol. The lowest BCUT2D eigenvalue weighted by Crippen LogP contribution is -2.07. The fourth-order valence-corrected chi connectivity index (χ4v) is 2.21. The van der Waals surface area contributed by atoms with Gasteiger partial charge in [0.05, 0.1) is 18.1 Å². The first-order valence-corrected chi connectivity index (χ1v) is 6.11. The molecule has 0 spiro atoms. The maximum Gasteiger partial charge on any atom is 0.359 e. The van der Waals surface area contributed by atoms with Crippen LogP contribution >= 0.6 is 15.9 Å². The second-order valence-electron chi connectivity index (χ2n) is 3.88. The van der Waals surface area contributed by atoms with Crippen LogP contribution in [0.2, 0.25) is 0 Å². The Morgan fingerprint density at radius 2 is 2.26 bits per heavy atom. The highest BCUT2D eigenvalue weighted by Crippen LogP contribution is 2.26. The zero-order valence-corrected chi connectivity index (χ0v) is 11.3. The minimum Gasteiger partial charge on any atom is -0.464 e. The summed E-state index contributed by atoms with van der Waals surface area (Å²) in [6.07, 6.45) is 1.61. The van der Waals surface area contributed by atoms with Crippen LogP contribution in [0, 0.1) is 5.82 Å². The van der Waals surface area contributed by atoms with E-state index in [0.29, 0.717) is 22.1 Å². The fourth-order valence-electron chi connectivity index (χ4n) is 1.88. The Morgan fingerprint density at radius 3 is 3.00 bits per heavy atom. The number of carbonyl (C=O) groups excluding carboxylic acids is 1. The number of hydrogen-bond acceptors (Lipinski definition) is 4. The van der Waals surface area contributed by atoms with Crippen molar-refractivity contribution in [2.75, 3.05) is 7.11 Å². The van der Waals surface area contributed by atoms with Gasteiger partial charge in [0.15, 0.2) is 11.5 Å². The van der Waals surface area contributed by atoms with E-state index >= 15 is 0 Å². The second-order valence-corrected chi connectivity index (χ2v) is 4.80. The van der Waals surface area contributed by atoms with E-state index < -0.39 is 11.8 Å². The van der Waals surface area contributed by atoms with Crippen molar-refractivity contribution in [1.82, 2.24) is 15.0 Å². The summed E-state index contributed by atoms with van der Waals surface area (Å²) in [5.74, 6) is -1.54. The van der Waals surface area contributed by atoms with Crippen molar-refractivity contribution in [3.63, 3.8) is 0 Å². The third-order valence-electron chi connectivity index (χ3n) is 2.72. The average Bonchev–Trinajstić information content (AvgIpc) is 2.73. The second kappa shape index (κ2) is 4.27. The molecular formula is C12H7BrFN3O2. The van der Waals surface area contributed by atoms with Crippen molar-refractivity contribution in [2.45, 2.75) is 0 Å². The molecule has 7 heteroatoms. The van der Waals surface area contributed by atoms with E-state index in [2.05, 4.69) is 35.6 Å². The summed E-state index contributed by atoms with van der Waals surface area (Å²) in [4.78, 5) is 22.5. The van der Waals surface area contributed by atoms with Gasteiger partial charge in [-0.25, -0.2) is 14.2 Å². The Kier molecular flexibility index (Phi) is 2.70. The maximum absolute atomic E-state index is 13.8. The van der Waals surface area contributed by atoms with Crippen molar-refractivity contribution in [1.29, 1.82) is 0 Å². The maximum atomic E-state index is 13.8. The van der Waals surface area contributed by atoms with E-state index in [4.69, 9.17) is 0 Å². The molecule has 3 heterocycles. The number of rotatable bonds is 1. The summed E-state index contributed by atoms with van der Waals surface area (Å²) < 4.78 is 19.1. The molecule has 0 bridgehead atoms. The van der Waals surface area contributed by atoms with Crippen LogP contribution in [-0.2, 0) is 4.74 Å². The molecule has 0 amide bonds. The van der Waals surface area contributed by atoms with Crippen molar-refractivity contribution in [3.05, 3.63) is 34.3 Å². The summed E-state index contributed by atoms with van der Waals surface area (Å²) in [5, 5.41) is 0.521. The number of nitrogens with one attached hydrogen (secondary N) is 1. The highest BCUT2D eigenvalue weighted by atomic mass is 79.9. The topological polar surface area (TPSA) is 67.9 Å². The molecule has 5 nitrogen and oxygen atoms in total. The van der Waals surface area contributed by atoms with E-state index in [1.54, 1.807) is 12.3 Å². The lowest BCUT2D eigenvalue weighted by Gasteiger charge is -1.99. The van der Waals surface area contributed by atoms with Gasteiger partial charge in [0.2, 0.25) is 0 Å². The van der Waals surface area contributed by atoms with Gasteiger partial charge in [-0.15, -0.1) is 0 Å². The summed E-state index contributed by atoms with van der Waals surface area (Å²) in [6, 6.07) is 3.04. The Bertz CT molecular complexity index is 815. The van der Waals surface area contributed by atoms with Crippen molar-refractivity contribution in [3.8, 4) is 0 Å². The smallest absolute Gasteiger partial charge is 0.359 e. The minimum atomic E-state index is -0.813. The van der Waals surface area contributed by atoms with Gasteiger partial charge in [0.25, 0.3) is 0 Å². The molecule has 19 heavy (non-hydrogen) atoms. The van der Waals surface area contributed by atoms with Crippen LogP contribution in [0.1, 0.15) is 10.5 Å². The van der Waals surface area contributed by atoms with Crippen LogP contribution in [-0.4, -0.2) is 28.0 Å². The molecule has 3 aromatic rings. The number of H-pyrrole nitrogens is 1. The number of aromatic amines is 1. The first kappa shape index (κ1) is 12.0. The molecule has 0 radical (unpaired) electrons. The third-order valence-corrected chi connectivity index (χ3v) is 3.15. The van der Waals surface area contributed by atoms with E-state index in [-0.39, 0.29) is 5.69 Å². The summed E-state index contributed by atoms with van der Waals surface area (Å²) >= 11 is 3.30. The molecule has 0 fully saturated rings. The highest BCUT2D eigenvalue weighted by Gasteiger charge is 2.18. The van der Waals surface area contributed by atoms with Gasteiger partial charge in [-0.05, 0) is 28.1 Å². The molecule has 96 valence electrons. The molecular weight excluding hydrogens is 317 g/mol. The normalized spacial score (nSPS) is 11.1. The van der Waals surface area contributed by atoms with Crippen molar-refractivity contribution >= 4 is 44.0 Å². The first-order chi connectivity index (χ1) is 9.10. The number of hydrogen-bond donors (Lipinski definition) is 1. The van der Waals surface area contributed by atoms with E-state index in [1.165, 1.54) is 13.2 Å². The number of ether oxygens (including phenoxy) is 1. The van der Waals surface area contributed by atoms with Crippen LogP contribution in [0.3, 0.4) is 0 Å². The third kappa shape index (κ3) is 1.86. The molecule has 0 aromatic carbocycles. The van der Waals surface area contributed by atoms with Gasteiger partial charge in [0.1, 0.15) is 5.65 Å². The number of methoxy groups -OCH3 is 1. The molecule has 0 atom stereocenters. The lowest BCUT2D eigenvalue weighted by molar-refractivity contribution is 0.0588. The van der Waals surface area contributed by atoms with Gasteiger partial charge in [-0.1, -0.05) is 0 Å². The van der Waals surface area contributed by atoms with Gasteiger partial charge in [0, 0.05) is 16.1 Å². The summed E-state index contributed by atoms with van der Waals surface area (Å²) in [7, 11) is 1.18. The van der Waals surface area contributed by atoms with E-state index in [1.807, 2.05) is 0 Å². The van der Waals surface area contributed by atoms with Gasteiger partial charge < -0.3 is 9.72 Å². The summed E-state index contributed by atoms with van der Waals surface area (Å²) in [5.41, 5.74) is 1.35. The molecule has 0 aliphatic carbocycles. The SMILES string of the molecule is COC(=O)c1nc2[nH]c3cc(Br)cnc3c2cc1F. The minimum absolute atomic E-state index is 0.347. The van der Waals surface area contributed by atoms with E-state index in [9.17, 15) is 9.18 Å². The molecule has 0 unspecified atom stereocenters. The number of halogens is 2. The van der Waals surface area contributed by atoms with Crippen molar-refractivity contribution < 1.29 is 13.9 Å². The standard InChI is InChI=1S/C12H7BrFN3O2/c1-19-12(18)10-7(14)3-6-9-8(16-11(6)17-10)2-5(13)4-15-9/h2-4H,1H3,(H,16,17). The predicted octanol–water partition coefficient (Wildman–Crippen LogP) is 2.80. The molecule has 1 N–H and O–H groups in total.